The molecule has 0 spiro atoms. The predicted octanol–water partition coefficient (Wildman–Crippen LogP) is 3.07. The molecule has 1 heterocycles. The molecule has 0 atom stereocenters. The van der Waals surface area contributed by atoms with Crippen molar-refractivity contribution in [2.24, 2.45) is 0 Å². The van der Waals surface area contributed by atoms with Crippen LogP contribution < -0.4 is 5.48 Å². The van der Waals surface area contributed by atoms with Gasteiger partial charge in [-0.25, -0.2) is 10.3 Å². The highest BCUT2D eigenvalue weighted by Crippen LogP contribution is 2.09. The Morgan fingerprint density at radius 3 is 2.44 bits per heavy atom. The summed E-state index contributed by atoms with van der Waals surface area (Å²) in [5.41, 5.74) is 2.02. The van der Waals surface area contributed by atoms with Crippen molar-refractivity contribution >= 4 is 17.0 Å². The van der Waals surface area contributed by atoms with Crippen LogP contribution in [0.4, 0.5) is 4.79 Å². The molecule has 1 aromatic carbocycles. The lowest BCUT2D eigenvalue weighted by atomic mass is 10.2. The van der Waals surface area contributed by atoms with E-state index in [2.05, 4.69) is 27.9 Å². The monoisotopic (exact) mass is 250 g/mol. The Balaban J connectivity index is 0.000000180. The summed E-state index contributed by atoms with van der Waals surface area (Å²) in [6.07, 6.45) is 1.12. The third kappa shape index (κ3) is 4.88. The summed E-state index contributed by atoms with van der Waals surface area (Å²) in [5, 5.41) is 9.25. The molecule has 0 saturated carbocycles. The van der Waals surface area contributed by atoms with Crippen molar-refractivity contribution in [2.45, 2.75) is 26.4 Å². The van der Waals surface area contributed by atoms with Gasteiger partial charge in [-0.3, -0.25) is 5.21 Å². The summed E-state index contributed by atoms with van der Waals surface area (Å²) >= 11 is 0. The van der Waals surface area contributed by atoms with Crippen LogP contribution in [0.15, 0.2) is 36.5 Å². The van der Waals surface area contributed by atoms with Gasteiger partial charge in [0, 0.05) is 11.7 Å². The molecule has 0 aliphatic carbocycles. The van der Waals surface area contributed by atoms with Crippen molar-refractivity contribution < 1.29 is 14.7 Å². The second kappa shape index (κ2) is 6.07. The van der Waals surface area contributed by atoms with Crippen molar-refractivity contribution in [3.8, 4) is 0 Å². The Labute approximate surface area is 106 Å². The lowest BCUT2D eigenvalue weighted by Gasteiger charge is -2.17. The highest BCUT2D eigenvalue weighted by atomic mass is 16.6. The van der Waals surface area contributed by atoms with Crippen LogP contribution in [0.25, 0.3) is 10.9 Å². The maximum absolute atomic E-state index is 10.2. The average molecular weight is 250 g/mol. The van der Waals surface area contributed by atoms with Gasteiger partial charge in [0.1, 0.15) is 5.60 Å². The number of amides is 1. The standard InChI is InChI=1S/C8H7N.C5H11NO3/c1-2-4-8-7(3-1)5-6-9-8;1-5(2,3)9-4(7)6-8/h1-6,9H;8H,1-3H3,(H,6,7). The number of H-pyrrole nitrogens is 1. The molecule has 3 N–H and O–H groups in total. The molecule has 5 nitrogen and oxygen atoms in total. The van der Waals surface area contributed by atoms with Crippen LogP contribution in [0.3, 0.4) is 0 Å². The number of hydrogen-bond donors (Lipinski definition) is 3. The van der Waals surface area contributed by atoms with Crippen LogP contribution in [0.1, 0.15) is 20.8 Å². The molecule has 2 rings (SSSR count). The van der Waals surface area contributed by atoms with Crippen LogP contribution >= 0.6 is 0 Å². The Morgan fingerprint density at radius 2 is 1.94 bits per heavy atom. The van der Waals surface area contributed by atoms with Gasteiger partial charge >= 0.3 is 6.09 Å². The molecule has 0 radical (unpaired) electrons. The summed E-state index contributed by atoms with van der Waals surface area (Å²) in [6, 6.07) is 10.3. The van der Waals surface area contributed by atoms with Crippen LogP contribution in [0.5, 0.6) is 0 Å². The second-order valence-electron chi connectivity index (χ2n) is 4.68. The molecule has 5 heteroatoms. The molecule has 1 aromatic heterocycles. The van der Waals surface area contributed by atoms with Gasteiger partial charge in [0.05, 0.1) is 0 Å². The van der Waals surface area contributed by atoms with Crippen LogP contribution in [-0.4, -0.2) is 21.9 Å². The fraction of sp³-hybridized carbons (Fsp3) is 0.308. The topological polar surface area (TPSA) is 74.3 Å². The molecule has 2 aromatic rings. The van der Waals surface area contributed by atoms with Crippen molar-refractivity contribution in [2.75, 3.05) is 0 Å². The average Bonchev–Trinajstić information content (AvgIpc) is 2.75. The Kier molecular flexibility index (Phi) is 4.74. The highest BCUT2D eigenvalue weighted by molar-refractivity contribution is 5.78. The molecule has 0 aliphatic rings. The first-order valence-electron chi connectivity index (χ1n) is 5.57. The smallest absolute Gasteiger partial charge is 0.431 e. The van der Waals surface area contributed by atoms with E-state index in [1.54, 1.807) is 20.8 Å². The molecule has 0 unspecified atom stereocenters. The zero-order valence-electron chi connectivity index (χ0n) is 10.7. The lowest BCUT2D eigenvalue weighted by Crippen LogP contribution is -2.30. The summed E-state index contributed by atoms with van der Waals surface area (Å²) in [5.74, 6) is 0. The van der Waals surface area contributed by atoms with Crippen LogP contribution in [-0.2, 0) is 4.74 Å². The summed E-state index contributed by atoms with van der Waals surface area (Å²) < 4.78 is 4.59. The van der Waals surface area contributed by atoms with E-state index in [-0.39, 0.29) is 0 Å². The van der Waals surface area contributed by atoms with Crippen LogP contribution in [0.2, 0.25) is 0 Å². The van der Waals surface area contributed by atoms with E-state index in [9.17, 15) is 4.79 Å². The zero-order valence-corrected chi connectivity index (χ0v) is 10.7. The van der Waals surface area contributed by atoms with Gasteiger partial charge < -0.3 is 9.72 Å². The van der Waals surface area contributed by atoms with Gasteiger partial charge in [-0.05, 0) is 38.3 Å². The first-order valence-corrected chi connectivity index (χ1v) is 5.57. The van der Waals surface area contributed by atoms with E-state index < -0.39 is 11.7 Å². The van der Waals surface area contributed by atoms with Gasteiger partial charge in [0.2, 0.25) is 0 Å². The fourth-order valence-corrected chi connectivity index (χ4v) is 1.30. The molecule has 1 amide bonds. The van der Waals surface area contributed by atoms with Crippen molar-refractivity contribution in [1.29, 1.82) is 0 Å². The Hall–Kier alpha value is -2.01. The number of ether oxygens (including phenoxy) is 1. The third-order valence-corrected chi connectivity index (χ3v) is 1.95. The lowest BCUT2D eigenvalue weighted by molar-refractivity contribution is 0.0229. The number of rotatable bonds is 0. The molecular formula is C13H18N2O3. The third-order valence-electron chi connectivity index (χ3n) is 1.95. The number of hydrogen-bond acceptors (Lipinski definition) is 3. The number of nitrogens with one attached hydrogen (secondary N) is 2. The molecule has 98 valence electrons. The Morgan fingerprint density at radius 1 is 1.28 bits per heavy atom. The quantitative estimate of drug-likeness (QED) is 0.497. The summed E-state index contributed by atoms with van der Waals surface area (Å²) in [4.78, 5) is 13.4. The van der Waals surface area contributed by atoms with E-state index in [1.807, 2.05) is 18.3 Å². The number of fused-ring (bicyclic) bond motifs is 1. The number of para-hydroxylation sites is 1. The normalized spacial score (nSPS) is 10.4. The maximum atomic E-state index is 10.2. The van der Waals surface area contributed by atoms with Crippen molar-refractivity contribution in [1.82, 2.24) is 10.5 Å². The number of aromatic nitrogens is 1. The molecule has 18 heavy (non-hydrogen) atoms. The largest absolute Gasteiger partial charge is 0.442 e. The zero-order chi connectivity index (χ0) is 13.6. The van der Waals surface area contributed by atoms with Gasteiger partial charge in [-0.15, -0.1) is 0 Å². The minimum Gasteiger partial charge on any atom is -0.442 e. The highest BCUT2D eigenvalue weighted by Gasteiger charge is 2.14. The van der Waals surface area contributed by atoms with Crippen molar-refractivity contribution in [3.63, 3.8) is 0 Å². The molecule has 0 saturated heterocycles. The summed E-state index contributed by atoms with van der Waals surface area (Å²) in [7, 11) is 0. The summed E-state index contributed by atoms with van der Waals surface area (Å²) in [6.45, 7) is 5.13. The minimum atomic E-state index is -0.831. The van der Waals surface area contributed by atoms with Crippen molar-refractivity contribution in [3.05, 3.63) is 36.5 Å². The maximum Gasteiger partial charge on any atom is 0.431 e. The van der Waals surface area contributed by atoms with E-state index in [4.69, 9.17) is 5.21 Å². The molecular weight excluding hydrogens is 232 g/mol. The van der Waals surface area contributed by atoms with Gasteiger partial charge in [0.25, 0.3) is 0 Å². The molecule has 0 fully saturated rings. The SMILES string of the molecule is CC(C)(C)OC(=O)NO.c1ccc2[nH]ccc2c1. The Bertz CT molecular complexity index is 470. The molecule has 0 bridgehead atoms. The van der Waals surface area contributed by atoms with E-state index in [1.165, 1.54) is 16.4 Å². The van der Waals surface area contributed by atoms with Gasteiger partial charge in [-0.2, -0.15) is 0 Å². The van der Waals surface area contributed by atoms with Gasteiger partial charge in [0.15, 0.2) is 0 Å². The van der Waals surface area contributed by atoms with E-state index in [0.717, 1.165) is 0 Å². The van der Waals surface area contributed by atoms with E-state index >= 15 is 0 Å². The first kappa shape index (κ1) is 14.1. The van der Waals surface area contributed by atoms with Gasteiger partial charge in [-0.1, -0.05) is 18.2 Å². The number of hydroxylamine groups is 1. The number of carbonyl (C=O) groups excluding carboxylic acids is 1. The second-order valence-corrected chi connectivity index (χ2v) is 4.68. The first-order chi connectivity index (χ1) is 8.42. The van der Waals surface area contributed by atoms with E-state index in [0.29, 0.717) is 0 Å². The fourth-order valence-electron chi connectivity index (χ4n) is 1.30. The predicted molar refractivity (Wildman–Crippen MR) is 69.5 cm³/mol. The number of benzene rings is 1. The molecule has 0 aliphatic heterocycles. The number of carbonyl (C=O) groups is 1. The van der Waals surface area contributed by atoms with Crippen LogP contribution in [0, 0.1) is 0 Å². The minimum absolute atomic E-state index is 0.549. The number of aromatic amines is 1.